The minimum atomic E-state index is -4.75. The average Bonchev–Trinajstić information content (AvgIpc) is 3.49. The molecule has 3 aromatic carbocycles. The van der Waals surface area contributed by atoms with Crippen LogP contribution in [-0.2, 0) is 25.7 Å². The summed E-state index contributed by atoms with van der Waals surface area (Å²) in [6.45, 7) is 3.23. The van der Waals surface area contributed by atoms with Gasteiger partial charge in [0, 0.05) is 18.7 Å². The molecule has 3 amide bonds. The van der Waals surface area contributed by atoms with Crippen LogP contribution in [0.1, 0.15) is 37.3 Å². The molecule has 2 N–H and O–H groups in total. The Labute approximate surface area is 247 Å². The van der Waals surface area contributed by atoms with Gasteiger partial charge in [0.05, 0.1) is 0 Å². The summed E-state index contributed by atoms with van der Waals surface area (Å²) in [4.78, 5) is 39.5. The first-order chi connectivity index (χ1) is 20.5. The van der Waals surface area contributed by atoms with E-state index in [-0.39, 0.29) is 13.0 Å². The van der Waals surface area contributed by atoms with Gasteiger partial charge in [0.15, 0.2) is 11.9 Å². The van der Waals surface area contributed by atoms with E-state index in [2.05, 4.69) is 24.5 Å². The highest BCUT2D eigenvalue weighted by atomic mass is 19.4. The second kappa shape index (κ2) is 13.9. The fourth-order valence-corrected chi connectivity index (χ4v) is 4.28. The van der Waals surface area contributed by atoms with Gasteiger partial charge in [-0.05, 0) is 59.5 Å². The lowest BCUT2D eigenvalue weighted by Gasteiger charge is -2.25. The highest BCUT2D eigenvalue weighted by Gasteiger charge is 2.43. The summed E-state index contributed by atoms with van der Waals surface area (Å²) in [5, 5.41) is 5.29. The number of anilines is 1. The van der Waals surface area contributed by atoms with Crippen LogP contribution in [0.4, 0.5) is 18.9 Å². The molecule has 0 saturated heterocycles. The standard InChI is InChI=1S/C32H32F3N3O5/c1-21(2)23-8-12-25(13-9-23)42-26-14-10-24(11-15-26)37-30(40)20-38(19-29(39)36-18-22-6-4-3-5-7-22)31(41)27-16-17-28(43-27)32(33,34)35/h3-15,17,21,27H,16,18-20H2,1-2H3,(H,36,39)(H,37,40). The number of benzene rings is 3. The molecule has 8 nitrogen and oxygen atoms in total. The molecule has 1 unspecified atom stereocenters. The molecular weight excluding hydrogens is 563 g/mol. The number of ether oxygens (including phenoxy) is 2. The van der Waals surface area contributed by atoms with Gasteiger partial charge in [-0.15, -0.1) is 0 Å². The second-order valence-electron chi connectivity index (χ2n) is 10.3. The van der Waals surface area contributed by atoms with Crippen molar-refractivity contribution in [3.05, 3.63) is 102 Å². The van der Waals surface area contributed by atoms with Crippen LogP contribution in [-0.4, -0.2) is 48.0 Å². The number of rotatable bonds is 11. The zero-order valence-electron chi connectivity index (χ0n) is 23.7. The summed E-state index contributed by atoms with van der Waals surface area (Å²) in [7, 11) is 0. The summed E-state index contributed by atoms with van der Waals surface area (Å²) in [6.07, 6.45) is -5.81. The van der Waals surface area contributed by atoms with E-state index in [1.165, 1.54) is 5.56 Å². The van der Waals surface area contributed by atoms with Crippen molar-refractivity contribution in [1.82, 2.24) is 10.2 Å². The van der Waals surface area contributed by atoms with E-state index in [0.29, 0.717) is 23.1 Å². The summed E-state index contributed by atoms with van der Waals surface area (Å²) in [6, 6.07) is 23.2. The lowest BCUT2D eigenvalue weighted by Crippen LogP contribution is -2.48. The van der Waals surface area contributed by atoms with Crippen molar-refractivity contribution >= 4 is 23.4 Å². The Morgan fingerprint density at radius 1 is 0.907 bits per heavy atom. The molecule has 1 aliphatic heterocycles. The van der Waals surface area contributed by atoms with Gasteiger partial charge in [-0.3, -0.25) is 14.4 Å². The van der Waals surface area contributed by atoms with Crippen LogP contribution in [0.2, 0.25) is 0 Å². The largest absolute Gasteiger partial charge is 0.475 e. The highest BCUT2D eigenvalue weighted by molar-refractivity contribution is 5.96. The predicted octanol–water partition coefficient (Wildman–Crippen LogP) is 5.92. The Balaban J connectivity index is 1.37. The summed E-state index contributed by atoms with van der Waals surface area (Å²) >= 11 is 0. The first kappa shape index (κ1) is 31.1. The monoisotopic (exact) mass is 595 g/mol. The number of halogens is 3. The van der Waals surface area contributed by atoms with E-state index < -0.39 is 48.9 Å². The van der Waals surface area contributed by atoms with Crippen LogP contribution in [0, 0.1) is 0 Å². The van der Waals surface area contributed by atoms with Gasteiger partial charge in [0.25, 0.3) is 5.91 Å². The molecule has 4 rings (SSSR count). The van der Waals surface area contributed by atoms with Crippen LogP contribution in [0.3, 0.4) is 0 Å². The number of carbonyl (C=O) groups excluding carboxylic acids is 3. The number of nitrogens with zero attached hydrogens (tertiary/aromatic N) is 1. The molecule has 1 aliphatic rings. The minimum Gasteiger partial charge on any atom is -0.475 e. The van der Waals surface area contributed by atoms with Gasteiger partial charge in [-0.25, -0.2) is 0 Å². The number of allylic oxidation sites excluding steroid dienone is 1. The third kappa shape index (κ3) is 9.09. The molecule has 0 fully saturated rings. The number of hydrogen-bond donors (Lipinski definition) is 2. The zero-order valence-corrected chi connectivity index (χ0v) is 23.7. The Morgan fingerprint density at radius 3 is 2.09 bits per heavy atom. The normalized spacial score (nSPS) is 14.5. The molecule has 1 atom stereocenters. The van der Waals surface area contributed by atoms with E-state index in [1.807, 2.05) is 30.3 Å². The van der Waals surface area contributed by atoms with Gasteiger partial charge >= 0.3 is 6.18 Å². The van der Waals surface area contributed by atoms with Gasteiger partial charge in [0.2, 0.25) is 11.8 Å². The first-order valence-corrected chi connectivity index (χ1v) is 13.7. The third-order valence-electron chi connectivity index (χ3n) is 6.58. The zero-order chi connectivity index (χ0) is 31.0. The van der Waals surface area contributed by atoms with Gasteiger partial charge < -0.3 is 25.0 Å². The third-order valence-corrected chi connectivity index (χ3v) is 6.58. The number of nitrogens with one attached hydrogen (secondary N) is 2. The number of carbonyl (C=O) groups is 3. The van der Waals surface area contributed by atoms with E-state index in [0.717, 1.165) is 16.5 Å². The van der Waals surface area contributed by atoms with Crippen LogP contribution in [0.15, 0.2) is 90.7 Å². The minimum absolute atomic E-state index is 0.171. The maximum atomic E-state index is 13.1. The van der Waals surface area contributed by atoms with Crippen molar-refractivity contribution in [1.29, 1.82) is 0 Å². The number of amides is 3. The van der Waals surface area contributed by atoms with Crippen molar-refractivity contribution in [3.63, 3.8) is 0 Å². The summed E-state index contributed by atoms with van der Waals surface area (Å²) in [5.74, 6) is -1.84. The SMILES string of the molecule is CC(C)c1ccc(Oc2ccc(NC(=O)CN(CC(=O)NCc3ccccc3)C(=O)C3CC=C(C(F)(F)F)O3)cc2)cc1. The topological polar surface area (TPSA) is 97.0 Å². The molecule has 11 heteroatoms. The van der Waals surface area contributed by atoms with Gasteiger partial charge in [-0.1, -0.05) is 56.3 Å². The lowest BCUT2D eigenvalue weighted by molar-refractivity contribution is -0.155. The smallest absolute Gasteiger partial charge is 0.448 e. The molecule has 3 aromatic rings. The van der Waals surface area contributed by atoms with E-state index in [1.54, 1.807) is 48.5 Å². The van der Waals surface area contributed by atoms with Crippen LogP contribution >= 0.6 is 0 Å². The quantitative estimate of drug-likeness (QED) is 0.287. The maximum absolute atomic E-state index is 13.1. The molecule has 0 bridgehead atoms. The molecule has 0 saturated carbocycles. The molecule has 0 aliphatic carbocycles. The van der Waals surface area contributed by atoms with Crippen molar-refractivity contribution < 1.29 is 37.0 Å². The second-order valence-corrected chi connectivity index (χ2v) is 10.3. The van der Waals surface area contributed by atoms with Crippen molar-refractivity contribution in [2.24, 2.45) is 0 Å². The molecule has 1 heterocycles. The van der Waals surface area contributed by atoms with Crippen LogP contribution in [0.25, 0.3) is 0 Å². The van der Waals surface area contributed by atoms with E-state index >= 15 is 0 Å². The Morgan fingerprint density at radius 2 is 1.51 bits per heavy atom. The van der Waals surface area contributed by atoms with Gasteiger partial charge in [-0.2, -0.15) is 13.2 Å². The molecule has 0 spiro atoms. The van der Waals surface area contributed by atoms with E-state index in [9.17, 15) is 27.6 Å². The summed E-state index contributed by atoms with van der Waals surface area (Å²) < 4.78 is 49.9. The number of hydrogen-bond acceptors (Lipinski definition) is 5. The molecule has 0 aromatic heterocycles. The fraction of sp³-hybridized carbons (Fsp3) is 0.281. The number of alkyl halides is 3. The van der Waals surface area contributed by atoms with Crippen LogP contribution in [0.5, 0.6) is 11.5 Å². The van der Waals surface area contributed by atoms with Crippen molar-refractivity contribution in [2.75, 3.05) is 18.4 Å². The summed E-state index contributed by atoms with van der Waals surface area (Å²) in [5.41, 5.74) is 2.39. The molecule has 43 heavy (non-hydrogen) atoms. The Kier molecular flexibility index (Phi) is 10.1. The maximum Gasteiger partial charge on any atom is 0.448 e. The van der Waals surface area contributed by atoms with Crippen molar-refractivity contribution in [2.45, 2.75) is 45.0 Å². The fourth-order valence-electron chi connectivity index (χ4n) is 4.28. The van der Waals surface area contributed by atoms with E-state index in [4.69, 9.17) is 9.47 Å². The highest BCUT2D eigenvalue weighted by Crippen LogP contribution is 2.33. The molecule has 0 radical (unpaired) electrons. The predicted molar refractivity (Wildman–Crippen MR) is 154 cm³/mol. The Hall–Kier alpha value is -4.80. The van der Waals surface area contributed by atoms with Gasteiger partial charge in [0.1, 0.15) is 24.6 Å². The molecule has 226 valence electrons. The van der Waals surface area contributed by atoms with Crippen molar-refractivity contribution in [3.8, 4) is 11.5 Å². The molecular formula is C32H32F3N3O5. The lowest BCUT2D eigenvalue weighted by atomic mass is 10.0. The average molecular weight is 596 g/mol. The first-order valence-electron chi connectivity index (χ1n) is 13.7. The Bertz CT molecular complexity index is 1440. The van der Waals surface area contributed by atoms with Crippen LogP contribution < -0.4 is 15.4 Å².